The van der Waals surface area contributed by atoms with Crippen LogP contribution in [0.4, 0.5) is 14.5 Å². The average Bonchev–Trinajstić information content (AvgIpc) is 2.73. The maximum atomic E-state index is 12.5. The van der Waals surface area contributed by atoms with Gasteiger partial charge in [0.05, 0.1) is 35.0 Å². The number of nitrogens with zero attached hydrogens (tertiary/aromatic N) is 1. The van der Waals surface area contributed by atoms with Crippen LogP contribution in [0.5, 0.6) is 28.7 Å². The number of rotatable bonds is 11. The molecule has 0 aliphatic carbocycles. The molecule has 0 spiro atoms. The van der Waals surface area contributed by atoms with Gasteiger partial charge in [-0.25, -0.2) is 0 Å². The summed E-state index contributed by atoms with van der Waals surface area (Å²) in [6.07, 6.45) is 0. The zero-order valence-corrected chi connectivity index (χ0v) is 18.0. The van der Waals surface area contributed by atoms with Gasteiger partial charge in [0.1, 0.15) is 0 Å². The number of benzene rings is 2. The highest BCUT2D eigenvalue weighted by Crippen LogP contribution is 2.39. The van der Waals surface area contributed by atoms with Crippen LogP contribution in [-0.2, 0) is 11.3 Å². The Morgan fingerprint density at radius 1 is 0.935 bits per heavy atom. The summed E-state index contributed by atoms with van der Waals surface area (Å²) in [6, 6.07) is 7.89. The Bertz CT molecular complexity index is 869. The fourth-order valence-corrected chi connectivity index (χ4v) is 2.97. The number of halogens is 2. The molecule has 0 atom stereocenters. The number of nitrogens with one attached hydrogen (secondary N) is 1. The third kappa shape index (κ3) is 6.61. The average molecular weight is 440 g/mol. The minimum absolute atomic E-state index is 0.0518. The van der Waals surface area contributed by atoms with Crippen molar-refractivity contribution in [1.82, 2.24) is 4.90 Å². The van der Waals surface area contributed by atoms with Crippen LogP contribution in [0.1, 0.15) is 5.56 Å². The van der Waals surface area contributed by atoms with Gasteiger partial charge < -0.3 is 29.0 Å². The topological polar surface area (TPSA) is 78.5 Å². The number of carbonyl (C=O) groups excluding carboxylic acids is 1. The normalized spacial score (nSPS) is 10.7. The first-order chi connectivity index (χ1) is 14.8. The molecule has 0 unspecified atom stereocenters. The summed E-state index contributed by atoms with van der Waals surface area (Å²) in [4.78, 5) is 14.2. The highest BCUT2D eigenvalue weighted by atomic mass is 19.3. The Labute approximate surface area is 179 Å². The third-order valence-corrected chi connectivity index (χ3v) is 4.26. The van der Waals surface area contributed by atoms with Crippen LogP contribution >= 0.6 is 0 Å². The number of anilines is 1. The molecule has 10 heteroatoms. The molecule has 2 rings (SSSR count). The second-order valence-corrected chi connectivity index (χ2v) is 6.50. The summed E-state index contributed by atoms with van der Waals surface area (Å²) in [7, 11) is 7.59. The largest absolute Gasteiger partial charge is 0.493 e. The van der Waals surface area contributed by atoms with E-state index in [2.05, 4.69) is 10.1 Å². The van der Waals surface area contributed by atoms with Crippen LogP contribution in [0.2, 0.25) is 0 Å². The Morgan fingerprint density at radius 3 is 2.06 bits per heavy atom. The highest BCUT2D eigenvalue weighted by molar-refractivity contribution is 5.93. The van der Waals surface area contributed by atoms with E-state index in [1.807, 2.05) is 0 Å². The first-order valence-electron chi connectivity index (χ1n) is 9.21. The molecule has 0 aliphatic heterocycles. The molecule has 8 nitrogen and oxygen atoms in total. The van der Waals surface area contributed by atoms with Crippen molar-refractivity contribution < 1.29 is 37.3 Å². The van der Waals surface area contributed by atoms with Crippen LogP contribution in [-0.4, -0.2) is 59.5 Å². The molecule has 0 fully saturated rings. The lowest BCUT2D eigenvalue weighted by molar-refractivity contribution is -0.117. The predicted octanol–water partition coefficient (Wildman–Crippen LogP) is 3.39. The molecule has 0 heterocycles. The molecular weight excluding hydrogens is 414 g/mol. The Kier molecular flexibility index (Phi) is 8.68. The van der Waals surface area contributed by atoms with Gasteiger partial charge in [0.2, 0.25) is 11.7 Å². The second kappa shape index (κ2) is 11.2. The van der Waals surface area contributed by atoms with Gasteiger partial charge >= 0.3 is 6.61 Å². The van der Waals surface area contributed by atoms with E-state index in [-0.39, 0.29) is 24.0 Å². The minimum Gasteiger partial charge on any atom is -0.493 e. The van der Waals surface area contributed by atoms with Crippen molar-refractivity contribution in [3.63, 3.8) is 0 Å². The Hall–Kier alpha value is -3.27. The van der Waals surface area contributed by atoms with Gasteiger partial charge in [-0.05, 0) is 24.7 Å². The zero-order chi connectivity index (χ0) is 23.0. The molecule has 170 valence electrons. The number of methoxy groups -OCH3 is 4. The first-order valence-corrected chi connectivity index (χ1v) is 9.21. The quantitative estimate of drug-likeness (QED) is 0.574. The zero-order valence-electron chi connectivity index (χ0n) is 18.0. The van der Waals surface area contributed by atoms with Gasteiger partial charge in [0.25, 0.3) is 0 Å². The maximum Gasteiger partial charge on any atom is 0.387 e. The predicted molar refractivity (Wildman–Crippen MR) is 111 cm³/mol. The second-order valence-electron chi connectivity index (χ2n) is 6.50. The molecule has 0 saturated heterocycles. The van der Waals surface area contributed by atoms with E-state index < -0.39 is 6.61 Å². The number of likely N-dealkylation sites (N-methyl/N-ethyl adjacent to an activating group) is 1. The van der Waals surface area contributed by atoms with E-state index in [0.29, 0.717) is 29.5 Å². The van der Waals surface area contributed by atoms with Crippen LogP contribution in [0, 0.1) is 0 Å². The van der Waals surface area contributed by atoms with Gasteiger partial charge in [0.15, 0.2) is 23.0 Å². The Morgan fingerprint density at radius 2 is 1.55 bits per heavy atom. The lowest BCUT2D eigenvalue weighted by atomic mass is 10.2. The highest BCUT2D eigenvalue weighted by Gasteiger charge is 2.16. The van der Waals surface area contributed by atoms with Gasteiger partial charge in [-0.2, -0.15) is 8.78 Å². The van der Waals surface area contributed by atoms with Crippen molar-refractivity contribution >= 4 is 11.6 Å². The molecule has 0 aliphatic rings. The van der Waals surface area contributed by atoms with Gasteiger partial charge in [-0.1, -0.05) is 6.07 Å². The summed E-state index contributed by atoms with van der Waals surface area (Å²) in [5.74, 6) is 1.14. The standard InChI is InChI=1S/C21H26F2N2O6/c1-25(11-13-6-7-15(31-21(22)23)16(8-13)27-2)12-19(26)24-14-9-17(28-3)20(30-5)18(10-14)29-4/h6-10,21H,11-12H2,1-5H3,(H,24,26). The molecule has 1 N–H and O–H groups in total. The van der Waals surface area contributed by atoms with E-state index in [9.17, 15) is 13.6 Å². The number of hydrogen-bond acceptors (Lipinski definition) is 7. The first kappa shape index (κ1) is 24.0. The maximum absolute atomic E-state index is 12.5. The SMILES string of the molecule is COc1cc(CN(C)CC(=O)Nc2cc(OC)c(OC)c(OC)c2)ccc1OC(F)F. The van der Waals surface area contributed by atoms with Crippen molar-refractivity contribution in [3.05, 3.63) is 35.9 Å². The number of carbonyl (C=O) groups is 1. The summed E-state index contributed by atoms with van der Waals surface area (Å²) < 4.78 is 50.3. The van der Waals surface area contributed by atoms with Crippen LogP contribution in [0.25, 0.3) is 0 Å². The summed E-state index contributed by atoms with van der Waals surface area (Å²) >= 11 is 0. The van der Waals surface area contributed by atoms with E-state index in [4.69, 9.17) is 18.9 Å². The van der Waals surface area contributed by atoms with E-state index >= 15 is 0 Å². The number of ether oxygens (including phenoxy) is 5. The fraction of sp³-hybridized carbons (Fsp3) is 0.381. The van der Waals surface area contributed by atoms with Gasteiger partial charge in [-0.15, -0.1) is 0 Å². The van der Waals surface area contributed by atoms with E-state index in [1.54, 1.807) is 36.2 Å². The van der Waals surface area contributed by atoms with Crippen LogP contribution < -0.4 is 29.0 Å². The molecule has 31 heavy (non-hydrogen) atoms. The monoisotopic (exact) mass is 440 g/mol. The van der Waals surface area contributed by atoms with E-state index in [1.165, 1.54) is 34.5 Å². The number of amides is 1. The summed E-state index contributed by atoms with van der Waals surface area (Å²) in [6.45, 7) is -2.48. The van der Waals surface area contributed by atoms with Gasteiger partial charge in [-0.3, -0.25) is 9.69 Å². The molecule has 1 amide bonds. The molecule has 2 aromatic rings. The van der Waals surface area contributed by atoms with Crippen molar-refractivity contribution in [1.29, 1.82) is 0 Å². The fourth-order valence-electron chi connectivity index (χ4n) is 2.97. The summed E-state index contributed by atoms with van der Waals surface area (Å²) in [5.41, 5.74) is 1.25. The molecule has 2 aromatic carbocycles. The van der Waals surface area contributed by atoms with Crippen molar-refractivity contribution in [3.8, 4) is 28.7 Å². The van der Waals surface area contributed by atoms with Crippen molar-refractivity contribution in [2.24, 2.45) is 0 Å². The van der Waals surface area contributed by atoms with Gasteiger partial charge in [0, 0.05) is 24.4 Å². The third-order valence-electron chi connectivity index (χ3n) is 4.26. The van der Waals surface area contributed by atoms with Crippen LogP contribution in [0.3, 0.4) is 0 Å². The lowest BCUT2D eigenvalue weighted by Gasteiger charge is -2.18. The molecular formula is C21H26F2N2O6. The van der Waals surface area contributed by atoms with E-state index in [0.717, 1.165) is 5.56 Å². The Balaban J connectivity index is 2.03. The number of alkyl halides is 2. The van der Waals surface area contributed by atoms with Crippen molar-refractivity contribution in [2.45, 2.75) is 13.2 Å². The van der Waals surface area contributed by atoms with Crippen LogP contribution in [0.15, 0.2) is 30.3 Å². The smallest absolute Gasteiger partial charge is 0.387 e. The van der Waals surface area contributed by atoms with Crippen molar-refractivity contribution in [2.75, 3.05) is 47.3 Å². The molecule has 0 saturated carbocycles. The summed E-state index contributed by atoms with van der Waals surface area (Å²) in [5, 5.41) is 2.79. The molecule has 0 bridgehead atoms. The molecule has 0 aromatic heterocycles. The minimum atomic E-state index is -2.94. The molecule has 0 radical (unpaired) electrons. The number of hydrogen-bond donors (Lipinski definition) is 1. The lowest BCUT2D eigenvalue weighted by Crippen LogP contribution is -2.29.